The Kier molecular flexibility index (Phi) is 17.3. The van der Waals surface area contributed by atoms with Crippen molar-refractivity contribution in [2.45, 2.75) is 38.3 Å². The lowest BCUT2D eigenvalue weighted by Gasteiger charge is -2.22. The van der Waals surface area contributed by atoms with Crippen molar-refractivity contribution in [1.29, 1.82) is 0 Å². The van der Waals surface area contributed by atoms with E-state index < -0.39 is 31.0 Å². The van der Waals surface area contributed by atoms with Gasteiger partial charge in [-0.2, -0.15) is 0 Å². The summed E-state index contributed by atoms with van der Waals surface area (Å²) in [6.07, 6.45) is -6.85. The molecule has 0 aromatic heterocycles. The van der Waals surface area contributed by atoms with Gasteiger partial charge in [0.2, 0.25) is 0 Å². The molecule has 0 aromatic carbocycles. The van der Waals surface area contributed by atoms with Crippen LogP contribution in [0.3, 0.4) is 0 Å². The molecule has 0 rings (SSSR count). The van der Waals surface area contributed by atoms with Crippen LogP contribution < -0.4 is 10.2 Å². The van der Waals surface area contributed by atoms with Gasteiger partial charge in [0.1, 0.15) is 18.3 Å². The van der Waals surface area contributed by atoms with Crippen molar-refractivity contribution in [2.75, 3.05) is 6.54 Å². The smallest absolute Gasteiger partial charge is 0.151 e. The molecule has 10 nitrogen and oxygen atoms in total. The van der Waals surface area contributed by atoms with Crippen molar-refractivity contribution >= 4 is 6.29 Å². The van der Waals surface area contributed by atoms with E-state index in [1.165, 1.54) is 13.8 Å². The Morgan fingerprint density at radius 1 is 1.18 bits per heavy atom. The highest BCUT2D eigenvalue weighted by Gasteiger charge is 2.29. The Morgan fingerprint density at radius 3 is 1.82 bits per heavy atom. The Labute approximate surface area is 127 Å². The largest absolute Gasteiger partial charge is 0.876 e. The van der Waals surface area contributed by atoms with E-state index in [0.29, 0.717) is 0 Å². The molecule has 10 heteroatoms. The lowest BCUT2D eigenvalue weighted by atomic mass is 10.0. The number of carbonyl (C=O) groups excluding carboxylic acids is 1. The Bertz CT molecular complexity index is 363. The van der Waals surface area contributed by atoms with Crippen molar-refractivity contribution in [3.63, 3.8) is 0 Å². The molecule has 0 aliphatic rings. The van der Waals surface area contributed by atoms with Crippen molar-refractivity contribution in [3.8, 4) is 0 Å². The molecule has 0 fully saturated rings. The standard InChI is InChI=1S/C6H11N3O5.2C3H6O/c7-9-8-1-3(11)5(13)6(14)4(12)2-10;2*1-3(2)4/h2-6,11-14H,1H2;2*4H,1H2,2H3/p-2/t3-,4+,5+,6-;;/m0../s1. The van der Waals surface area contributed by atoms with Crippen molar-refractivity contribution in [2.24, 2.45) is 5.11 Å². The van der Waals surface area contributed by atoms with E-state index >= 15 is 0 Å². The first-order valence-corrected chi connectivity index (χ1v) is 5.84. The molecule has 0 heterocycles. The van der Waals surface area contributed by atoms with E-state index in [-0.39, 0.29) is 17.8 Å². The normalized spacial score (nSPS) is 14.3. The second-order valence-corrected chi connectivity index (χ2v) is 3.99. The minimum Gasteiger partial charge on any atom is -0.876 e. The first kappa shape index (κ1) is 24.9. The third-order valence-corrected chi connectivity index (χ3v) is 1.57. The second-order valence-electron chi connectivity index (χ2n) is 3.99. The van der Waals surface area contributed by atoms with Gasteiger partial charge >= 0.3 is 0 Å². The third kappa shape index (κ3) is 20.2. The van der Waals surface area contributed by atoms with Crippen LogP contribution in [0.4, 0.5) is 0 Å². The molecular weight excluding hydrogens is 298 g/mol. The molecular formula is C12H21N3O7-2. The van der Waals surface area contributed by atoms with Gasteiger partial charge in [-0.15, -0.1) is 24.7 Å². The molecule has 0 spiro atoms. The Balaban J connectivity index is -0.000000372. The third-order valence-electron chi connectivity index (χ3n) is 1.57. The van der Waals surface area contributed by atoms with E-state index in [2.05, 4.69) is 23.2 Å². The number of rotatable bonds is 6. The topological polar surface area (TPSA) is 193 Å². The Hall–Kier alpha value is -2.10. The number of carbonyl (C=O) groups is 1. The minimum absolute atomic E-state index is 0.0220. The lowest BCUT2D eigenvalue weighted by Crippen LogP contribution is -2.46. The number of hydrogen-bond acceptors (Lipinski definition) is 8. The molecule has 4 N–H and O–H groups in total. The monoisotopic (exact) mass is 319 g/mol. The van der Waals surface area contributed by atoms with Crippen LogP contribution in [0.1, 0.15) is 13.8 Å². The van der Waals surface area contributed by atoms with Crippen molar-refractivity contribution in [3.05, 3.63) is 35.1 Å². The zero-order chi connectivity index (χ0) is 18.3. The van der Waals surface area contributed by atoms with Gasteiger partial charge in [-0.05, 0) is 5.53 Å². The number of azide groups is 1. The average Bonchev–Trinajstić information content (AvgIpc) is 2.40. The van der Waals surface area contributed by atoms with Gasteiger partial charge in [0.15, 0.2) is 6.29 Å². The maximum atomic E-state index is 10.0. The number of aliphatic hydroxyl groups excluding tert-OH is 4. The van der Waals surface area contributed by atoms with E-state index in [1.54, 1.807) is 0 Å². The number of allylic oxidation sites excluding steroid dienone is 2. The summed E-state index contributed by atoms with van der Waals surface area (Å²) in [5.41, 5.74) is 7.89. The maximum Gasteiger partial charge on any atom is 0.151 e. The molecule has 128 valence electrons. The highest BCUT2D eigenvalue weighted by Crippen LogP contribution is 2.04. The number of aliphatic hydroxyl groups is 4. The molecule has 0 aliphatic heterocycles. The maximum absolute atomic E-state index is 10.0. The summed E-state index contributed by atoms with van der Waals surface area (Å²) < 4.78 is 0. The van der Waals surface area contributed by atoms with Crippen LogP contribution in [0, 0.1) is 0 Å². The molecule has 0 aliphatic carbocycles. The summed E-state index contributed by atoms with van der Waals surface area (Å²) in [4.78, 5) is 12.3. The fourth-order valence-corrected chi connectivity index (χ4v) is 0.738. The van der Waals surface area contributed by atoms with Gasteiger partial charge < -0.3 is 35.4 Å². The molecule has 0 unspecified atom stereocenters. The highest BCUT2D eigenvalue weighted by atomic mass is 16.4. The minimum atomic E-state index is -1.81. The summed E-state index contributed by atoms with van der Waals surface area (Å²) >= 11 is 0. The lowest BCUT2D eigenvalue weighted by molar-refractivity contribution is -0.301. The first-order valence-electron chi connectivity index (χ1n) is 5.84. The van der Waals surface area contributed by atoms with Crippen LogP contribution in [0.2, 0.25) is 0 Å². The van der Waals surface area contributed by atoms with Crippen LogP contribution in [0.15, 0.2) is 29.8 Å². The predicted octanol–water partition coefficient (Wildman–Crippen LogP) is -2.30. The SMILES string of the molecule is C=C(C)[O-].C=C(C)[O-].[N-]=[N+]=NC[C@H](O)[C@@H](O)[C@@H](O)[C@H](O)C=O. The molecule has 0 amide bonds. The number of aldehydes is 1. The van der Waals surface area contributed by atoms with Gasteiger partial charge in [-0.1, -0.05) is 19.0 Å². The van der Waals surface area contributed by atoms with Gasteiger partial charge in [0.25, 0.3) is 0 Å². The van der Waals surface area contributed by atoms with Crippen molar-refractivity contribution in [1.82, 2.24) is 0 Å². The zero-order valence-corrected chi connectivity index (χ0v) is 12.4. The number of hydrogen-bond donors (Lipinski definition) is 4. The van der Waals surface area contributed by atoms with Gasteiger partial charge in [0, 0.05) is 4.91 Å². The summed E-state index contributed by atoms with van der Waals surface area (Å²) in [5.74, 6) is -0.167. The van der Waals surface area contributed by atoms with Crippen LogP contribution in [0.25, 0.3) is 10.4 Å². The first-order chi connectivity index (χ1) is 10.0. The summed E-state index contributed by atoms with van der Waals surface area (Å²) in [6.45, 7) is 8.38. The van der Waals surface area contributed by atoms with Crippen LogP contribution in [-0.2, 0) is 4.79 Å². The highest BCUT2D eigenvalue weighted by molar-refractivity contribution is 5.56. The molecule has 0 saturated heterocycles. The van der Waals surface area contributed by atoms with E-state index in [4.69, 9.17) is 26.0 Å². The van der Waals surface area contributed by atoms with E-state index in [1.807, 2.05) is 0 Å². The molecule has 0 aromatic rings. The van der Waals surface area contributed by atoms with Crippen LogP contribution in [-0.4, -0.2) is 57.7 Å². The summed E-state index contributed by atoms with van der Waals surface area (Å²) in [6, 6.07) is 0. The summed E-state index contributed by atoms with van der Waals surface area (Å²) in [7, 11) is 0. The summed E-state index contributed by atoms with van der Waals surface area (Å²) in [5, 5.41) is 57.6. The fourth-order valence-electron chi connectivity index (χ4n) is 0.738. The predicted molar refractivity (Wildman–Crippen MR) is 73.7 cm³/mol. The van der Waals surface area contributed by atoms with E-state index in [0.717, 1.165) is 0 Å². The quantitative estimate of drug-likeness (QED) is 0.139. The second kappa shape index (κ2) is 15.3. The molecule has 22 heavy (non-hydrogen) atoms. The Morgan fingerprint density at radius 2 is 1.55 bits per heavy atom. The van der Waals surface area contributed by atoms with Gasteiger partial charge in [-0.25, -0.2) is 0 Å². The van der Waals surface area contributed by atoms with Crippen molar-refractivity contribution < 1.29 is 35.4 Å². The molecule has 4 atom stereocenters. The molecule has 0 saturated carbocycles. The van der Waals surface area contributed by atoms with Crippen LogP contribution in [0.5, 0.6) is 0 Å². The fraction of sp³-hybridized carbons (Fsp3) is 0.583. The average molecular weight is 319 g/mol. The number of nitrogens with zero attached hydrogens (tertiary/aromatic N) is 3. The zero-order valence-electron chi connectivity index (χ0n) is 12.4. The molecule has 0 radical (unpaired) electrons. The van der Waals surface area contributed by atoms with Gasteiger partial charge in [-0.3, -0.25) is 0 Å². The van der Waals surface area contributed by atoms with Crippen LogP contribution >= 0.6 is 0 Å². The molecule has 0 bridgehead atoms. The van der Waals surface area contributed by atoms with E-state index in [9.17, 15) is 15.0 Å². The van der Waals surface area contributed by atoms with Gasteiger partial charge in [0.05, 0.1) is 12.6 Å².